The molecule has 2 unspecified atom stereocenters. The quantitative estimate of drug-likeness (QED) is 0.567. The van der Waals surface area contributed by atoms with Gasteiger partial charge in [-0.2, -0.15) is 0 Å². The first-order valence-corrected chi connectivity index (χ1v) is 5.04. The molecule has 1 heterocycles. The van der Waals surface area contributed by atoms with Gasteiger partial charge in [0.1, 0.15) is 10.9 Å². The van der Waals surface area contributed by atoms with Crippen molar-refractivity contribution in [2.45, 2.75) is 6.04 Å². The molecule has 78 valence electrons. The van der Waals surface area contributed by atoms with Crippen molar-refractivity contribution in [2.24, 2.45) is 0 Å². The van der Waals surface area contributed by atoms with Gasteiger partial charge in [-0.05, 0) is 0 Å². The van der Waals surface area contributed by atoms with Crippen molar-refractivity contribution in [3.05, 3.63) is 11.1 Å². The Hall–Kier alpha value is -1.37. The minimum Gasteiger partial charge on any atom is -0.480 e. The molecule has 0 amide bonds. The topological polar surface area (TPSA) is 92.7 Å². The van der Waals surface area contributed by atoms with Crippen molar-refractivity contribution in [3.8, 4) is 0 Å². The molecule has 0 aliphatic carbocycles. The van der Waals surface area contributed by atoms with Crippen LogP contribution in [0.15, 0.2) is 11.1 Å². The number of carbonyl (C=O) groups is 2. The lowest BCUT2D eigenvalue weighted by Crippen LogP contribution is -2.42. The Morgan fingerprint density at radius 1 is 1.71 bits per heavy atom. The second-order valence-electron chi connectivity index (χ2n) is 2.57. The zero-order valence-electron chi connectivity index (χ0n) is 7.35. The van der Waals surface area contributed by atoms with Crippen LogP contribution in [-0.2, 0) is 25.1 Å². The van der Waals surface area contributed by atoms with Crippen molar-refractivity contribution >= 4 is 22.7 Å². The van der Waals surface area contributed by atoms with E-state index in [0.29, 0.717) is 0 Å². The monoisotopic (exact) mass is 219 g/mol. The first-order valence-electron chi connectivity index (χ1n) is 3.72. The fourth-order valence-corrected chi connectivity index (χ4v) is 2.12. The summed E-state index contributed by atoms with van der Waals surface area (Å²) in [6.45, 7) is 0. The van der Waals surface area contributed by atoms with Gasteiger partial charge < -0.3 is 15.2 Å². The highest BCUT2D eigenvalue weighted by Crippen LogP contribution is 2.10. The molecule has 1 aliphatic heterocycles. The van der Waals surface area contributed by atoms with Gasteiger partial charge in [0.25, 0.3) is 0 Å². The van der Waals surface area contributed by atoms with Crippen molar-refractivity contribution < 1.29 is 23.6 Å². The maximum Gasteiger partial charge on any atom is 0.348 e. The number of nitrogens with one attached hydrogen (secondary N) is 1. The van der Waals surface area contributed by atoms with E-state index in [2.05, 4.69) is 10.1 Å². The molecule has 1 aliphatic rings. The summed E-state index contributed by atoms with van der Waals surface area (Å²) in [6.07, 6.45) is 1.13. The first kappa shape index (κ1) is 10.7. The molecular weight excluding hydrogens is 210 g/mol. The number of esters is 1. The highest BCUT2D eigenvalue weighted by atomic mass is 32.2. The Morgan fingerprint density at radius 2 is 2.36 bits per heavy atom. The lowest BCUT2D eigenvalue weighted by Gasteiger charge is -2.18. The van der Waals surface area contributed by atoms with Gasteiger partial charge in [0.2, 0.25) is 0 Å². The molecule has 2 N–H and O–H groups in total. The van der Waals surface area contributed by atoms with Gasteiger partial charge in [-0.15, -0.1) is 0 Å². The lowest BCUT2D eigenvalue weighted by atomic mass is 10.3. The summed E-state index contributed by atoms with van der Waals surface area (Å²) in [5, 5.41) is 11.1. The first-order chi connectivity index (χ1) is 6.56. The average Bonchev–Trinajstić information content (AvgIpc) is 2.16. The van der Waals surface area contributed by atoms with E-state index in [1.165, 1.54) is 7.11 Å². The standard InChI is InChI=1S/C7H9NO5S/c1-13-7(11)5-2-8-4(6(9)10)3-14(5)12/h2,4,8H,3H2,1H3,(H,9,10). The molecule has 0 aromatic heterocycles. The maximum atomic E-state index is 11.3. The Balaban J connectivity index is 2.79. The summed E-state index contributed by atoms with van der Waals surface area (Å²) in [6, 6.07) is -0.913. The zero-order valence-corrected chi connectivity index (χ0v) is 8.17. The molecular formula is C7H9NO5S. The van der Waals surface area contributed by atoms with E-state index in [-0.39, 0.29) is 10.7 Å². The second kappa shape index (κ2) is 4.23. The molecule has 1 rings (SSSR count). The minimum absolute atomic E-state index is 0.0370. The molecule has 2 atom stereocenters. The fraction of sp³-hybridized carbons (Fsp3) is 0.429. The highest BCUT2D eigenvalue weighted by Gasteiger charge is 2.29. The van der Waals surface area contributed by atoms with Crippen LogP contribution in [0.1, 0.15) is 0 Å². The molecule has 6 nitrogen and oxygen atoms in total. The van der Waals surface area contributed by atoms with Crippen LogP contribution >= 0.6 is 0 Å². The summed E-state index contributed by atoms with van der Waals surface area (Å²) >= 11 is 0. The second-order valence-corrected chi connectivity index (χ2v) is 4.03. The van der Waals surface area contributed by atoms with Crippen LogP contribution in [0.25, 0.3) is 0 Å². The Bertz CT molecular complexity index is 324. The van der Waals surface area contributed by atoms with Crippen LogP contribution in [0.5, 0.6) is 0 Å². The van der Waals surface area contributed by atoms with Crippen LogP contribution in [0.2, 0.25) is 0 Å². The van der Waals surface area contributed by atoms with Gasteiger partial charge in [-0.3, -0.25) is 4.21 Å². The highest BCUT2D eigenvalue weighted by molar-refractivity contribution is 7.90. The van der Waals surface area contributed by atoms with Crippen LogP contribution in [-0.4, -0.2) is 40.2 Å². The van der Waals surface area contributed by atoms with Crippen LogP contribution in [0.3, 0.4) is 0 Å². The molecule has 0 bridgehead atoms. The van der Waals surface area contributed by atoms with E-state index in [1.54, 1.807) is 0 Å². The maximum absolute atomic E-state index is 11.3. The predicted octanol–water partition coefficient (Wildman–Crippen LogP) is -1.19. The number of carbonyl (C=O) groups excluding carboxylic acids is 1. The van der Waals surface area contributed by atoms with E-state index < -0.39 is 28.8 Å². The molecule has 0 aromatic rings. The summed E-state index contributed by atoms with van der Waals surface area (Å²) in [5.41, 5.74) is 0. The summed E-state index contributed by atoms with van der Waals surface area (Å²) in [5.74, 6) is -1.94. The smallest absolute Gasteiger partial charge is 0.348 e. The van der Waals surface area contributed by atoms with E-state index >= 15 is 0 Å². The van der Waals surface area contributed by atoms with Crippen LogP contribution in [0.4, 0.5) is 0 Å². The molecule has 0 aromatic carbocycles. The van der Waals surface area contributed by atoms with Gasteiger partial charge in [0, 0.05) is 6.20 Å². The van der Waals surface area contributed by atoms with Gasteiger partial charge in [-0.25, -0.2) is 9.59 Å². The Kier molecular flexibility index (Phi) is 3.23. The van der Waals surface area contributed by atoms with E-state index in [1.807, 2.05) is 0 Å². The summed E-state index contributed by atoms with van der Waals surface area (Å²) < 4.78 is 15.7. The third-order valence-corrected chi connectivity index (χ3v) is 3.07. The lowest BCUT2D eigenvalue weighted by molar-refractivity contribution is -0.139. The SMILES string of the molecule is COC(=O)C1=CNC(C(=O)O)CS1=O. The third-order valence-electron chi connectivity index (χ3n) is 1.66. The Labute approximate surface area is 82.4 Å². The van der Waals surface area contributed by atoms with Gasteiger partial charge in [-0.1, -0.05) is 0 Å². The fourth-order valence-electron chi connectivity index (χ4n) is 0.926. The molecule has 0 radical (unpaired) electrons. The van der Waals surface area contributed by atoms with Crippen LogP contribution in [0, 0.1) is 0 Å². The van der Waals surface area contributed by atoms with Crippen molar-refractivity contribution in [1.29, 1.82) is 0 Å². The zero-order chi connectivity index (χ0) is 10.7. The van der Waals surface area contributed by atoms with Gasteiger partial charge in [0.05, 0.1) is 23.7 Å². The number of rotatable bonds is 2. The summed E-state index contributed by atoms with van der Waals surface area (Å²) in [4.78, 5) is 21.4. The summed E-state index contributed by atoms with van der Waals surface area (Å²) in [7, 11) is -0.445. The van der Waals surface area contributed by atoms with E-state index in [4.69, 9.17) is 5.11 Å². The molecule has 0 spiro atoms. The van der Waals surface area contributed by atoms with E-state index in [9.17, 15) is 13.8 Å². The van der Waals surface area contributed by atoms with E-state index in [0.717, 1.165) is 6.20 Å². The largest absolute Gasteiger partial charge is 0.480 e. The number of carboxylic acid groups (broad SMARTS) is 1. The molecule has 0 saturated carbocycles. The molecule has 0 saturated heterocycles. The van der Waals surface area contributed by atoms with Crippen molar-refractivity contribution in [1.82, 2.24) is 5.32 Å². The molecule has 0 fully saturated rings. The number of hydrogen-bond donors (Lipinski definition) is 2. The number of aliphatic carboxylic acids is 1. The van der Waals surface area contributed by atoms with Crippen molar-refractivity contribution in [2.75, 3.05) is 12.9 Å². The van der Waals surface area contributed by atoms with Crippen LogP contribution < -0.4 is 5.32 Å². The van der Waals surface area contributed by atoms with Crippen molar-refractivity contribution in [3.63, 3.8) is 0 Å². The number of hydrogen-bond acceptors (Lipinski definition) is 5. The average molecular weight is 219 g/mol. The predicted molar refractivity (Wildman–Crippen MR) is 47.7 cm³/mol. The minimum atomic E-state index is -1.62. The molecule has 14 heavy (non-hydrogen) atoms. The Morgan fingerprint density at radius 3 is 2.79 bits per heavy atom. The number of carboxylic acids is 1. The third kappa shape index (κ3) is 2.11. The number of ether oxygens (including phenoxy) is 1. The normalized spacial score (nSPS) is 25.9. The number of methoxy groups -OCH3 is 1. The van der Waals surface area contributed by atoms with Gasteiger partial charge >= 0.3 is 11.9 Å². The van der Waals surface area contributed by atoms with Gasteiger partial charge in [0.15, 0.2) is 0 Å². The molecule has 7 heteroatoms.